The molecular formula is C17H20N4O2S2. The maximum Gasteiger partial charge on any atom is 0.214 e. The van der Waals surface area contributed by atoms with Crippen LogP contribution in [0.25, 0.3) is 5.69 Å². The summed E-state index contributed by atoms with van der Waals surface area (Å²) in [6.07, 6.45) is -0.575. The van der Waals surface area contributed by atoms with Gasteiger partial charge < -0.3 is 9.84 Å². The molecule has 0 bridgehead atoms. The average molecular weight is 377 g/mol. The van der Waals surface area contributed by atoms with Gasteiger partial charge in [-0.05, 0) is 52.9 Å². The second-order valence-electron chi connectivity index (χ2n) is 5.72. The number of aliphatic hydroxyl groups is 1. The van der Waals surface area contributed by atoms with Crippen LogP contribution in [-0.2, 0) is 11.3 Å². The van der Waals surface area contributed by atoms with Gasteiger partial charge in [0.15, 0.2) is 0 Å². The fraction of sp³-hybridized carbons (Fsp3) is 0.353. The highest BCUT2D eigenvalue weighted by Gasteiger charge is 2.14. The number of aromatic nitrogens is 4. The van der Waals surface area contributed by atoms with Crippen molar-refractivity contribution in [3.05, 3.63) is 51.7 Å². The molecule has 0 unspecified atom stereocenters. The highest BCUT2D eigenvalue weighted by Crippen LogP contribution is 2.22. The molecule has 0 aliphatic heterocycles. The van der Waals surface area contributed by atoms with Gasteiger partial charge in [0, 0.05) is 10.6 Å². The minimum atomic E-state index is -0.575. The van der Waals surface area contributed by atoms with E-state index >= 15 is 0 Å². The molecule has 3 rings (SSSR count). The summed E-state index contributed by atoms with van der Waals surface area (Å²) in [7, 11) is 0. The highest BCUT2D eigenvalue weighted by molar-refractivity contribution is 7.99. The topological polar surface area (TPSA) is 73.1 Å². The number of hydrogen-bond acceptors (Lipinski definition) is 7. The first-order chi connectivity index (χ1) is 12.1. The number of rotatable bonds is 8. The Morgan fingerprint density at radius 2 is 2.20 bits per heavy atom. The molecule has 1 aromatic carbocycles. The Hall–Kier alpha value is -1.74. The van der Waals surface area contributed by atoms with Gasteiger partial charge in [-0.25, -0.2) is 0 Å². The first kappa shape index (κ1) is 18.1. The third kappa shape index (κ3) is 4.88. The summed E-state index contributed by atoms with van der Waals surface area (Å²) in [5.41, 5.74) is 3.20. The predicted octanol–water partition coefficient (Wildman–Crippen LogP) is 3.01. The zero-order chi connectivity index (χ0) is 17.6. The van der Waals surface area contributed by atoms with Crippen molar-refractivity contribution in [1.29, 1.82) is 0 Å². The molecule has 3 aromatic rings. The number of aryl methyl sites for hydroxylation is 2. The van der Waals surface area contributed by atoms with Gasteiger partial charge in [0.1, 0.15) is 0 Å². The molecule has 0 spiro atoms. The molecular weight excluding hydrogens is 356 g/mol. The zero-order valence-corrected chi connectivity index (χ0v) is 15.8. The highest BCUT2D eigenvalue weighted by atomic mass is 32.2. The van der Waals surface area contributed by atoms with Gasteiger partial charge in [0.25, 0.3) is 0 Å². The Morgan fingerprint density at radius 3 is 3.00 bits per heavy atom. The standard InChI is InChI=1S/C17H20N4O2S2/c1-12-5-6-13(2)16(8-12)21-17(18-19-20-21)25-11-14(22)9-23-10-15-4-3-7-24-15/h3-8,14,22H,9-11H2,1-2H3/t14-/m0/s1. The van der Waals surface area contributed by atoms with Gasteiger partial charge in [-0.15, -0.1) is 16.4 Å². The van der Waals surface area contributed by atoms with Crippen LogP contribution in [0.2, 0.25) is 0 Å². The Balaban J connectivity index is 1.55. The molecule has 0 aliphatic rings. The van der Waals surface area contributed by atoms with Crippen LogP contribution < -0.4 is 0 Å². The number of hydrogen-bond donors (Lipinski definition) is 1. The van der Waals surface area contributed by atoms with E-state index < -0.39 is 6.10 Å². The van der Waals surface area contributed by atoms with E-state index in [4.69, 9.17) is 4.74 Å². The lowest BCUT2D eigenvalue weighted by molar-refractivity contribution is 0.0409. The summed E-state index contributed by atoms with van der Waals surface area (Å²) in [6.45, 7) is 4.88. The number of thiophene rings is 1. The molecule has 2 heterocycles. The van der Waals surface area contributed by atoms with Crippen molar-refractivity contribution in [1.82, 2.24) is 20.2 Å². The molecule has 0 amide bonds. The molecule has 1 atom stereocenters. The molecule has 6 nitrogen and oxygen atoms in total. The molecule has 8 heteroatoms. The Bertz CT molecular complexity index is 805. The summed E-state index contributed by atoms with van der Waals surface area (Å²) in [5.74, 6) is 0.468. The predicted molar refractivity (Wildman–Crippen MR) is 99.3 cm³/mol. The number of tetrazole rings is 1. The molecule has 0 saturated carbocycles. The molecule has 1 N–H and O–H groups in total. The van der Waals surface area contributed by atoms with E-state index in [1.54, 1.807) is 16.0 Å². The van der Waals surface area contributed by atoms with E-state index in [2.05, 4.69) is 27.7 Å². The second kappa shape index (κ2) is 8.57. The number of ether oxygens (including phenoxy) is 1. The molecule has 25 heavy (non-hydrogen) atoms. The lowest BCUT2D eigenvalue weighted by Gasteiger charge is -2.11. The third-order valence-electron chi connectivity index (χ3n) is 3.57. The molecule has 2 aromatic heterocycles. The van der Waals surface area contributed by atoms with Gasteiger partial charge in [-0.1, -0.05) is 30.0 Å². The fourth-order valence-corrected chi connectivity index (χ4v) is 3.71. The Kier molecular flexibility index (Phi) is 6.19. The summed E-state index contributed by atoms with van der Waals surface area (Å²) in [4.78, 5) is 1.15. The molecule has 0 radical (unpaired) electrons. The van der Waals surface area contributed by atoms with Crippen molar-refractivity contribution < 1.29 is 9.84 Å². The number of benzene rings is 1. The van der Waals surface area contributed by atoms with Crippen molar-refractivity contribution in [2.24, 2.45) is 0 Å². The summed E-state index contributed by atoms with van der Waals surface area (Å²) < 4.78 is 7.26. The van der Waals surface area contributed by atoms with Gasteiger partial charge in [-0.2, -0.15) is 4.68 Å². The van der Waals surface area contributed by atoms with Crippen molar-refractivity contribution in [3.8, 4) is 5.69 Å². The summed E-state index contributed by atoms with van der Waals surface area (Å²) in [6, 6.07) is 10.2. The van der Waals surface area contributed by atoms with Crippen molar-refractivity contribution in [2.45, 2.75) is 31.7 Å². The van der Waals surface area contributed by atoms with E-state index in [-0.39, 0.29) is 6.61 Å². The molecule has 132 valence electrons. The van der Waals surface area contributed by atoms with Crippen molar-refractivity contribution >= 4 is 23.1 Å². The van der Waals surface area contributed by atoms with E-state index in [9.17, 15) is 5.11 Å². The largest absolute Gasteiger partial charge is 0.390 e. The van der Waals surface area contributed by atoms with Gasteiger partial charge in [0.05, 0.1) is 25.0 Å². The first-order valence-electron chi connectivity index (χ1n) is 7.90. The molecule has 0 aliphatic carbocycles. The van der Waals surface area contributed by atoms with Crippen LogP contribution in [0.4, 0.5) is 0 Å². The van der Waals surface area contributed by atoms with Crippen LogP contribution in [0, 0.1) is 13.8 Å². The zero-order valence-electron chi connectivity index (χ0n) is 14.1. The van der Waals surface area contributed by atoms with Crippen LogP contribution in [0.3, 0.4) is 0 Å². The minimum Gasteiger partial charge on any atom is -0.390 e. The SMILES string of the molecule is Cc1ccc(C)c(-n2nnnc2SC[C@@H](O)COCc2cccs2)c1. The lowest BCUT2D eigenvalue weighted by atomic mass is 10.1. The number of thioether (sulfide) groups is 1. The normalized spacial score (nSPS) is 12.4. The molecule has 0 fully saturated rings. The summed E-state index contributed by atoms with van der Waals surface area (Å²) >= 11 is 3.06. The van der Waals surface area contributed by atoms with E-state index in [1.165, 1.54) is 11.8 Å². The summed E-state index contributed by atoms with van der Waals surface area (Å²) in [5, 5.41) is 24.7. The monoisotopic (exact) mass is 376 g/mol. The maximum atomic E-state index is 10.1. The van der Waals surface area contributed by atoms with E-state index in [1.807, 2.05) is 37.4 Å². The first-order valence-corrected chi connectivity index (χ1v) is 9.77. The van der Waals surface area contributed by atoms with E-state index in [0.29, 0.717) is 17.5 Å². The average Bonchev–Trinajstić information content (AvgIpc) is 3.26. The van der Waals surface area contributed by atoms with Gasteiger partial charge in [0.2, 0.25) is 5.16 Å². The van der Waals surface area contributed by atoms with Crippen LogP contribution >= 0.6 is 23.1 Å². The second-order valence-corrected chi connectivity index (χ2v) is 7.74. The maximum absolute atomic E-state index is 10.1. The van der Waals surface area contributed by atoms with Crippen LogP contribution in [0.5, 0.6) is 0 Å². The lowest BCUT2D eigenvalue weighted by Crippen LogP contribution is -2.18. The van der Waals surface area contributed by atoms with Gasteiger partial charge in [-0.3, -0.25) is 0 Å². The minimum absolute atomic E-state index is 0.288. The third-order valence-corrected chi connectivity index (χ3v) is 5.49. The van der Waals surface area contributed by atoms with E-state index in [0.717, 1.165) is 21.7 Å². The fourth-order valence-electron chi connectivity index (χ4n) is 2.28. The Morgan fingerprint density at radius 1 is 1.32 bits per heavy atom. The number of nitrogens with zero attached hydrogens (tertiary/aromatic N) is 4. The van der Waals surface area contributed by atoms with Crippen LogP contribution in [0.1, 0.15) is 16.0 Å². The Labute approximate surface area is 154 Å². The van der Waals surface area contributed by atoms with Gasteiger partial charge >= 0.3 is 0 Å². The quantitative estimate of drug-likeness (QED) is 0.609. The van der Waals surface area contributed by atoms with Crippen molar-refractivity contribution in [2.75, 3.05) is 12.4 Å². The molecule has 0 saturated heterocycles. The smallest absolute Gasteiger partial charge is 0.214 e. The van der Waals surface area contributed by atoms with Crippen LogP contribution in [-0.4, -0.2) is 43.8 Å². The number of aliphatic hydroxyl groups excluding tert-OH is 1. The van der Waals surface area contributed by atoms with Crippen LogP contribution in [0.15, 0.2) is 40.9 Å². The van der Waals surface area contributed by atoms with Crippen molar-refractivity contribution in [3.63, 3.8) is 0 Å².